The van der Waals surface area contributed by atoms with Gasteiger partial charge in [-0.3, -0.25) is 9.59 Å². The number of carbonyl (C=O) groups excluding carboxylic acids is 1. The van der Waals surface area contributed by atoms with Crippen molar-refractivity contribution in [3.63, 3.8) is 0 Å². The molecule has 19 heavy (non-hydrogen) atoms. The van der Waals surface area contributed by atoms with Gasteiger partial charge in [-0.1, -0.05) is 13.3 Å². The monoisotopic (exact) mass is 270 g/mol. The van der Waals surface area contributed by atoms with Gasteiger partial charge in [-0.25, -0.2) is 0 Å². The zero-order valence-corrected chi connectivity index (χ0v) is 12.0. The summed E-state index contributed by atoms with van der Waals surface area (Å²) < 4.78 is 0. The van der Waals surface area contributed by atoms with Crippen LogP contribution in [0.1, 0.15) is 46.0 Å². The number of hydrogen-bond acceptors (Lipinski definition) is 3. The lowest BCUT2D eigenvalue weighted by Crippen LogP contribution is -2.42. The fraction of sp³-hybridized carbons (Fsp3) is 0.857. The molecule has 0 bridgehead atoms. The van der Waals surface area contributed by atoms with Crippen molar-refractivity contribution in [2.75, 3.05) is 13.1 Å². The van der Waals surface area contributed by atoms with E-state index in [1.54, 1.807) is 0 Å². The highest BCUT2D eigenvalue weighted by molar-refractivity contribution is 5.79. The number of aliphatic carboxylic acids is 1. The summed E-state index contributed by atoms with van der Waals surface area (Å²) in [6.07, 6.45) is 3.93. The largest absolute Gasteiger partial charge is 0.481 e. The molecule has 0 radical (unpaired) electrons. The molecule has 1 fully saturated rings. The predicted molar refractivity (Wildman–Crippen MR) is 73.6 cm³/mol. The molecule has 1 aliphatic rings. The third-order valence-corrected chi connectivity index (χ3v) is 3.87. The first-order valence-corrected chi connectivity index (χ1v) is 7.19. The third kappa shape index (κ3) is 5.19. The van der Waals surface area contributed by atoms with Gasteiger partial charge < -0.3 is 15.7 Å². The lowest BCUT2D eigenvalue weighted by Gasteiger charge is -2.32. The van der Waals surface area contributed by atoms with Crippen LogP contribution in [0.15, 0.2) is 0 Å². The van der Waals surface area contributed by atoms with E-state index in [9.17, 15) is 9.59 Å². The van der Waals surface area contributed by atoms with Crippen LogP contribution in [0.2, 0.25) is 0 Å². The summed E-state index contributed by atoms with van der Waals surface area (Å²) in [5.41, 5.74) is 5.69. The Balaban J connectivity index is 2.31. The highest BCUT2D eigenvalue weighted by atomic mass is 16.4. The molecule has 3 N–H and O–H groups in total. The Kier molecular flexibility index (Phi) is 6.28. The van der Waals surface area contributed by atoms with Crippen molar-refractivity contribution in [3.8, 4) is 0 Å². The van der Waals surface area contributed by atoms with E-state index in [0.717, 1.165) is 19.3 Å². The number of carboxylic acids is 1. The average Bonchev–Trinajstić information content (AvgIpc) is 2.37. The highest BCUT2D eigenvalue weighted by Crippen LogP contribution is 2.20. The van der Waals surface area contributed by atoms with Crippen molar-refractivity contribution in [1.29, 1.82) is 0 Å². The summed E-state index contributed by atoms with van der Waals surface area (Å²) in [7, 11) is 0. The van der Waals surface area contributed by atoms with Crippen molar-refractivity contribution in [2.45, 2.75) is 52.0 Å². The van der Waals surface area contributed by atoms with Crippen LogP contribution in [0.5, 0.6) is 0 Å². The quantitative estimate of drug-likeness (QED) is 0.765. The fourth-order valence-electron chi connectivity index (χ4n) is 2.53. The Morgan fingerprint density at radius 3 is 2.32 bits per heavy atom. The fourth-order valence-corrected chi connectivity index (χ4v) is 2.53. The molecule has 0 saturated carbocycles. The molecule has 2 atom stereocenters. The Labute approximate surface area is 115 Å². The molecule has 0 aliphatic carbocycles. The van der Waals surface area contributed by atoms with Crippen LogP contribution in [0.4, 0.5) is 0 Å². The van der Waals surface area contributed by atoms with Crippen molar-refractivity contribution in [2.24, 2.45) is 17.6 Å². The molecule has 1 amide bonds. The normalized spacial score (nSPS) is 20.1. The molecule has 5 heteroatoms. The number of likely N-dealkylation sites (tertiary alicyclic amines) is 1. The Morgan fingerprint density at radius 2 is 1.84 bits per heavy atom. The van der Waals surface area contributed by atoms with Gasteiger partial charge in [0.1, 0.15) is 0 Å². The molecule has 0 aromatic heterocycles. The second-order valence-electron chi connectivity index (χ2n) is 5.75. The molecule has 1 aliphatic heterocycles. The second-order valence-corrected chi connectivity index (χ2v) is 5.75. The van der Waals surface area contributed by atoms with Crippen molar-refractivity contribution in [1.82, 2.24) is 4.90 Å². The lowest BCUT2D eigenvalue weighted by molar-refractivity contribution is -0.146. The van der Waals surface area contributed by atoms with E-state index in [0.29, 0.717) is 25.9 Å². The highest BCUT2D eigenvalue weighted by Gasteiger charge is 2.28. The number of carbonyl (C=O) groups is 2. The molecule has 0 spiro atoms. The molecular formula is C14H26N2O3. The summed E-state index contributed by atoms with van der Waals surface area (Å²) in [6.45, 7) is 5.08. The number of hydrogen-bond donors (Lipinski definition) is 2. The molecule has 0 aromatic rings. The molecule has 1 heterocycles. The number of nitrogens with zero attached hydrogens (tertiary/aromatic N) is 1. The van der Waals surface area contributed by atoms with Gasteiger partial charge in [0.2, 0.25) is 5.91 Å². The Hall–Kier alpha value is -1.10. The van der Waals surface area contributed by atoms with Crippen LogP contribution in [0, 0.1) is 11.8 Å². The van der Waals surface area contributed by atoms with Gasteiger partial charge in [0.05, 0.1) is 5.92 Å². The lowest BCUT2D eigenvalue weighted by atomic mass is 9.95. The van der Waals surface area contributed by atoms with E-state index < -0.39 is 5.97 Å². The second kappa shape index (κ2) is 7.48. The van der Waals surface area contributed by atoms with E-state index >= 15 is 0 Å². The minimum absolute atomic E-state index is 0.0140. The van der Waals surface area contributed by atoms with Gasteiger partial charge in [-0.05, 0) is 32.6 Å². The summed E-state index contributed by atoms with van der Waals surface area (Å²) in [4.78, 5) is 24.9. The number of piperidine rings is 1. The molecule has 1 saturated heterocycles. The first kappa shape index (κ1) is 16.0. The summed E-state index contributed by atoms with van der Waals surface area (Å²) in [5.74, 6) is -0.844. The smallest absolute Gasteiger partial charge is 0.306 e. The van der Waals surface area contributed by atoms with E-state index in [-0.39, 0.29) is 23.8 Å². The minimum atomic E-state index is -0.739. The van der Waals surface area contributed by atoms with Gasteiger partial charge in [0.25, 0.3) is 0 Å². The summed E-state index contributed by atoms with van der Waals surface area (Å²) in [6, 6.07) is 0.189. The van der Waals surface area contributed by atoms with Crippen molar-refractivity contribution >= 4 is 11.9 Å². The summed E-state index contributed by atoms with van der Waals surface area (Å²) >= 11 is 0. The van der Waals surface area contributed by atoms with Crippen LogP contribution in [0.3, 0.4) is 0 Å². The number of carboxylic acid groups (broad SMARTS) is 1. The van der Waals surface area contributed by atoms with Crippen LogP contribution in [-0.2, 0) is 9.59 Å². The van der Waals surface area contributed by atoms with Crippen LogP contribution in [-0.4, -0.2) is 41.0 Å². The molecule has 5 nitrogen and oxygen atoms in total. The van der Waals surface area contributed by atoms with E-state index in [1.165, 1.54) is 0 Å². The molecular weight excluding hydrogens is 244 g/mol. The molecule has 2 unspecified atom stereocenters. The maximum Gasteiger partial charge on any atom is 0.306 e. The summed E-state index contributed by atoms with van der Waals surface area (Å²) in [5, 5.41) is 8.93. The maximum absolute atomic E-state index is 12.2. The van der Waals surface area contributed by atoms with Gasteiger partial charge in [0.15, 0.2) is 0 Å². The molecule has 110 valence electrons. The molecule has 1 rings (SSSR count). The van der Waals surface area contributed by atoms with E-state index in [1.807, 2.05) is 18.7 Å². The standard InChI is InChI=1S/C14H26N2O3/c1-10(4-3-5-11(2)15)13(17)16-8-6-12(7-9-16)14(18)19/h10-12H,3-9,15H2,1-2H3,(H,18,19). The van der Waals surface area contributed by atoms with Gasteiger partial charge in [-0.2, -0.15) is 0 Å². The zero-order valence-electron chi connectivity index (χ0n) is 12.0. The Morgan fingerprint density at radius 1 is 1.26 bits per heavy atom. The van der Waals surface area contributed by atoms with E-state index in [4.69, 9.17) is 10.8 Å². The SMILES string of the molecule is CC(N)CCCC(C)C(=O)N1CCC(C(=O)O)CC1. The minimum Gasteiger partial charge on any atom is -0.481 e. The van der Waals surface area contributed by atoms with Crippen LogP contribution < -0.4 is 5.73 Å². The Bertz CT molecular complexity index is 310. The van der Waals surface area contributed by atoms with Crippen molar-refractivity contribution < 1.29 is 14.7 Å². The van der Waals surface area contributed by atoms with Gasteiger partial charge >= 0.3 is 5.97 Å². The number of nitrogens with two attached hydrogens (primary N) is 1. The van der Waals surface area contributed by atoms with E-state index in [2.05, 4.69) is 0 Å². The van der Waals surface area contributed by atoms with Gasteiger partial charge in [0, 0.05) is 25.0 Å². The maximum atomic E-state index is 12.2. The first-order valence-electron chi connectivity index (χ1n) is 7.19. The number of amides is 1. The van der Waals surface area contributed by atoms with Gasteiger partial charge in [-0.15, -0.1) is 0 Å². The zero-order chi connectivity index (χ0) is 14.4. The third-order valence-electron chi connectivity index (χ3n) is 3.87. The molecule has 0 aromatic carbocycles. The topological polar surface area (TPSA) is 83.6 Å². The van der Waals surface area contributed by atoms with Crippen molar-refractivity contribution in [3.05, 3.63) is 0 Å². The van der Waals surface area contributed by atoms with Crippen LogP contribution in [0.25, 0.3) is 0 Å². The van der Waals surface area contributed by atoms with Crippen LogP contribution >= 0.6 is 0 Å². The predicted octanol–water partition coefficient (Wildman–Crippen LogP) is 1.46. The number of rotatable bonds is 6. The first-order chi connectivity index (χ1) is 8.91. The average molecular weight is 270 g/mol.